The van der Waals surface area contributed by atoms with Crippen molar-refractivity contribution in [3.05, 3.63) is 17.0 Å². The summed E-state index contributed by atoms with van der Waals surface area (Å²) in [6, 6.07) is -0.208. The Morgan fingerprint density at radius 2 is 2.09 bits per heavy atom. The number of hydrogen-bond donors (Lipinski definition) is 1. The van der Waals surface area contributed by atoms with Crippen LogP contribution in [0.1, 0.15) is 50.1 Å². The van der Waals surface area contributed by atoms with Gasteiger partial charge in [-0.3, -0.25) is 0 Å². The number of aromatic nitrogens is 1. The van der Waals surface area contributed by atoms with Gasteiger partial charge in [0.15, 0.2) is 0 Å². The van der Waals surface area contributed by atoms with E-state index in [1.165, 1.54) is 0 Å². The number of aryl methyl sites for hydroxylation is 2. The first-order valence-electron chi connectivity index (χ1n) is 7.82. The van der Waals surface area contributed by atoms with Crippen LogP contribution in [-0.4, -0.2) is 37.6 Å². The summed E-state index contributed by atoms with van der Waals surface area (Å²) in [4.78, 5) is 0. The molecule has 7 heteroatoms. The largest absolute Gasteiger partial charge is 0.374 e. The van der Waals surface area contributed by atoms with Crippen LogP contribution in [0.2, 0.25) is 0 Å². The Morgan fingerprint density at radius 1 is 1.41 bits per heavy atom. The van der Waals surface area contributed by atoms with Crippen molar-refractivity contribution in [3.63, 3.8) is 0 Å². The van der Waals surface area contributed by atoms with Gasteiger partial charge < -0.3 is 9.26 Å². The minimum atomic E-state index is -3.38. The third kappa shape index (κ3) is 4.08. The molecular weight excluding hydrogens is 304 g/mol. The molecule has 0 spiro atoms. The second kappa shape index (κ2) is 6.68. The van der Waals surface area contributed by atoms with Crippen molar-refractivity contribution < 1.29 is 17.7 Å². The molecule has 1 aromatic heterocycles. The summed E-state index contributed by atoms with van der Waals surface area (Å²) in [5.74, 6) is 0.785. The summed E-state index contributed by atoms with van der Waals surface area (Å²) in [5, 5.41) is 3.90. The zero-order valence-electron chi connectivity index (χ0n) is 13.8. The van der Waals surface area contributed by atoms with Crippen LogP contribution in [0.5, 0.6) is 0 Å². The van der Waals surface area contributed by atoms with Crippen LogP contribution in [0.25, 0.3) is 0 Å². The molecular formula is C15H26N2O4S. The van der Waals surface area contributed by atoms with Crippen molar-refractivity contribution in [2.24, 2.45) is 0 Å². The highest BCUT2D eigenvalue weighted by atomic mass is 32.2. The summed E-state index contributed by atoms with van der Waals surface area (Å²) in [5.41, 5.74) is 1.30. The molecule has 1 aromatic rings. The Kier molecular flexibility index (Phi) is 5.29. The normalized spacial score (nSPS) is 18.9. The standard InChI is InChI=1S/C15H26N2O4S/c1-5-20-15(7-6-8-15)10-22(18,19)17-11(2)9-14-12(3)16-21-13(14)4/h11,17H,5-10H2,1-4H3/t11-/m0/s1. The smallest absolute Gasteiger partial charge is 0.214 e. The Bertz CT molecular complexity index is 586. The van der Waals surface area contributed by atoms with E-state index < -0.39 is 15.6 Å². The molecule has 0 radical (unpaired) electrons. The van der Waals surface area contributed by atoms with Gasteiger partial charge in [-0.15, -0.1) is 0 Å². The molecule has 0 unspecified atom stereocenters. The minimum Gasteiger partial charge on any atom is -0.374 e. The fourth-order valence-corrected chi connectivity index (χ4v) is 4.89. The molecule has 6 nitrogen and oxygen atoms in total. The molecule has 1 aliphatic carbocycles. The van der Waals surface area contributed by atoms with Gasteiger partial charge in [0, 0.05) is 18.2 Å². The van der Waals surface area contributed by atoms with E-state index in [9.17, 15) is 8.42 Å². The van der Waals surface area contributed by atoms with Crippen molar-refractivity contribution in [1.82, 2.24) is 9.88 Å². The first-order chi connectivity index (χ1) is 10.3. The summed E-state index contributed by atoms with van der Waals surface area (Å²) < 4.78 is 38.3. The molecule has 0 aromatic carbocycles. The SMILES string of the molecule is CCOC1(CS(=O)(=O)N[C@@H](C)Cc2c(C)noc2C)CCC1. The van der Waals surface area contributed by atoms with E-state index in [1.54, 1.807) is 0 Å². The van der Waals surface area contributed by atoms with Crippen LogP contribution >= 0.6 is 0 Å². The van der Waals surface area contributed by atoms with E-state index in [2.05, 4.69) is 9.88 Å². The Balaban J connectivity index is 1.96. The second-order valence-electron chi connectivity index (χ2n) is 6.25. The molecule has 1 aliphatic rings. The maximum atomic E-state index is 12.4. The summed E-state index contributed by atoms with van der Waals surface area (Å²) in [6.45, 7) is 8.02. The molecule has 1 saturated carbocycles. The second-order valence-corrected chi connectivity index (χ2v) is 8.01. The quantitative estimate of drug-likeness (QED) is 0.789. The average Bonchev–Trinajstić information content (AvgIpc) is 2.67. The lowest BCUT2D eigenvalue weighted by Gasteiger charge is -2.41. The van der Waals surface area contributed by atoms with Gasteiger partial charge in [0.25, 0.3) is 0 Å². The molecule has 1 atom stereocenters. The van der Waals surface area contributed by atoms with Gasteiger partial charge in [-0.05, 0) is 53.4 Å². The maximum Gasteiger partial charge on any atom is 0.214 e. The van der Waals surface area contributed by atoms with Gasteiger partial charge in [0.2, 0.25) is 10.0 Å². The van der Waals surface area contributed by atoms with E-state index in [-0.39, 0.29) is 11.8 Å². The minimum absolute atomic E-state index is 0.0414. The first kappa shape index (κ1) is 17.4. The molecule has 2 rings (SSSR count). The molecule has 1 N–H and O–H groups in total. The molecule has 1 fully saturated rings. The average molecular weight is 330 g/mol. The van der Waals surface area contributed by atoms with E-state index in [4.69, 9.17) is 9.26 Å². The maximum absolute atomic E-state index is 12.4. The molecule has 22 heavy (non-hydrogen) atoms. The van der Waals surface area contributed by atoms with Gasteiger partial charge in [-0.2, -0.15) is 0 Å². The third-order valence-corrected chi connectivity index (χ3v) is 5.91. The van der Waals surface area contributed by atoms with Crippen molar-refractivity contribution >= 4 is 10.0 Å². The number of ether oxygens (including phenoxy) is 1. The van der Waals surface area contributed by atoms with Crippen LogP contribution in [0.3, 0.4) is 0 Å². The predicted molar refractivity (Wildman–Crippen MR) is 84.3 cm³/mol. The highest BCUT2D eigenvalue weighted by molar-refractivity contribution is 7.89. The number of rotatable bonds is 8. The van der Waals surface area contributed by atoms with Crippen LogP contribution in [0.4, 0.5) is 0 Å². The highest BCUT2D eigenvalue weighted by Crippen LogP contribution is 2.36. The van der Waals surface area contributed by atoms with Crippen molar-refractivity contribution in [2.75, 3.05) is 12.4 Å². The third-order valence-electron chi connectivity index (χ3n) is 4.24. The molecule has 0 bridgehead atoms. The van der Waals surface area contributed by atoms with Crippen LogP contribution < -0.4 is 4.72 Å². The fraction of sp³-hybridized carbons (Fsp3) is 0.800. The van der Waals surface area contributed by atoms with Crippen LogP contribution in [0.15, 0.2) is 4.52 Å². The number of nitrogens with one attached hydrogen (secondary N) is 1. The number of hydrogen-bond acceptors (Lipinski definition) is 5. The van der Waals surface area contributed by atoms with Gasteiger partial charge >= 0.3 is 0 Å². The van der Waals surface area contributed by atoms with Crippen molar-refractivity contribution in [2.45, 2.75) is 65.0 Å². The molecule has 0 aliphatic heterocycles. The topological polar surface area (TPSA) is 81.4 Å². The van der Waals surface area contributed by atoms with Gasteiger partial charge in [-0.25, -0.2) is 13.1 Å². The van der Waals surface area contributed by atoms with Crippen molar-refractivity contribution in [1.29, 1.82) is 0 Å². The number of nitrogens with zero attached hydrogens (tertiary/aromatic N) is 1. The Morgan fingerprint density at radius 3 is 2.55 bits per heavy atom. The molecule has 0 saturated heterocycles. The lowest BCUT2D eigenvalue weighted by molar-refractivity contribution is -0.0770. The van der Waals surface area contributed by atoms with Gasteiger partial charge in [0.05, 0.1) is 17.0 Å². The van der Waals surface area contributed by atoms with Crippen LogP contribution in [-0.2, 0) is 21.2 Å². The first-order valence-corrected chi connectivity index (χ1v) is 9.48. The number of sulfonamides is 1. The van der Waals surface area contributed by atoms with Gasteiger partial charge in [0.1, 0.15) is 5.76 Å². The molecule has 0 amide bonds. The van der Waals surface area contributed by atoms with Crippen LogP contribution in [0, 0.1) is 13.8 Å². The van der Waals surface area contributed by atoms with Crippen molar-refractivity contribution in [3.8, 4) is 0 Å². The lowest BCUT2D eigenvalue weighted by Crippen LogP contribution is -2.50. The zero-order chi connectivity index (χ0) is 16.4. The molecule has 126 valence electrons. The Labute approximate surface area is 132 Å². The zero-order valence-corrected chi connectivity index (χ0v) is 14.6. The summed E-state index contributed by atoms with van der Waals surface area (Å²) >= 11 is 0. The van der Waals surface area contributed by atoms with E-state index in [0.717, 1.165) is 36.3 Å². The fourth-order valence-electron chi connectivity index (χ4n) is 3.04. The lowest BCUT2D eigenvalue weighted by atomic mass is 9.82. The van der Waals surface area contributed by atoms with E-state index in [1.807, 2.05) is 27.7 Å². The van der Waals surface area contributed by atoms with E-state index >= 15 is 0 Å². The predicted octanol–water partition coefficient (Wildman–Crippen LogP) is 2.10. The molecule has 1 heterocycles. The summed E-state index contributed by atoms with van der Waals surface area (Å²) in [6.07, 6.45) is 3.24. The highest BCUT2D eigenvalue weighted by Gasteiger charge is 2.42. The van der Waals surface area contributed by atoms with Gasteiger partial charge in [-0.1, -0.05) is 5.16 Å². The van der Waals surface area contributed by atoms with E-state index in [0.29, 0.717) is 13.0 Å². The summed E-state index contributed by atoms with van der Waals surface area (Å²) in [7, 11) is -3.38. The monoisotopic (exact) mass is 330 g/mol. The Hall–Kier alpha value is -0.920.